The van der Waals surface area contributed by atoms with Crippen molar-refractivity contribution in [2.45, 2.75) is 19.8 Å². The summed E-state index contributed by atoms with van der Waals surface area (Å²) in [6, 6.07) is 0. The third-order valence-corrected chi connectivity index (χ3v) is 1.53. The standard InChI is InChI=1S/C8H13N3O/c1-3-4-7-10-5-6(12-2)8(9)11-7/h5H,3-4H2,1-2H3,(H2,9,10,11). The molecular formula is C8H13N3O. The maximum atomic E-state index is 5.59. The summed E-state index contributed by atoms with van der Waals surface area (Å²) in [5.74, 6) is 1.72. The number of aromatic nitrogens is 2. The van der Waals surface area contributed by atoms with E-state index in [1.165, 1.54) is 0 Å². The molecular weight excluding hydrogens is 154 g/mol. The van der Waals surface area contributed by atoms with Crippen LogP contribution in [0.3, 0.4) is 0 Å². The average Bonchev–Trinajstić information content (AvgIpc) is 2.05. The highest BCUT2D eigenvalue weighted by molar-refractivity contribution is 5.43. The minimum Gasteiger partial charge on any atom is -0.491 e. The fraction of sp³-hybridized carbons (Fsp3) is 0.500. The number of hydrogen-bond donors (Lipinski definition) is 1. The Balaban J connectivity index is 2.86. The molecule has 0 spiro atoms. The summed E-state index contributed by atoms with van der Waals surface area (Å²) in [5.41, 5.74) is 5.59. The molecule has 0 unspecified atom stereocenters. The molecule has 0 aliphatic rings. The number of nitrogen functional groups attached to an aromatic ring is 1. The van der Waals surface area contributed by atoms with Crippen molar-refractivity contribution in [1.82, 2.24) is 9.97 Å². The molecule has 0 saturated carbocycles. The highest BCUT2D eigenvalue weighted by atomic mass is 16.5. The molecule has 0 atom stereocenters. The van der Waals surface area contributed by atoms with Crippen LogP contribution in [0, 0.1) is 0 Å². The molecule has 1 aromatic heterocycles. The van der Waals surface area contributed by atoms with Crippen LogP contribution in [0.1, 0.15) is 19.2 Å². The van der Waals surface area contributed by atoms with Crippen LogP contribution in [0.15, 0.2) is 6.20 Å². The van der Waals surface area contributed by atoms with E-state index in [-0.39, 0.29) is 0 Å². The lowest BCUT2D eigenvalue weighted by Crippen LogP contribution is -2.01. The second-order valence-electron chi connectivity index (χ2n) is 2.49. The maximum absolute atomic E-state index is 5.59. The maximum Gasteiger partial charge on any atom is 0.179 e. The van der Waals surface area contributed by atoms with E-state index in [0.29, 0.717) is 11.6 Å². The molecule has 0 aliphatic carbocycles. The normalized spacial score (nSPS) is 9.83. The summed E-state index contributed by atoms with van der Waals surface area (Å²) in [5, 5.41) is 0. The van der Waals surface area contributed by atoms with Gasteiger partial charge in [-0.3, -0.25) is 0 Å². The van der Waals surface area contributed by atoms with Crippen LogP contribution < -0.4 is 10.5 Å². The Morgan fingerprint density at radius 2 is 2.33 bits per heavy atom. The van der Waals surface area contributed by atoms with Gasteiger partial charge in [0.15, 0.2) is 11.6 Å². The van der Waals surface area contributed by atoms with Gasteiger partial charge in [-0.05, 0) is 6.42 Å². The van der Waals surface area contributed by atoms with Gasteiger partial charge in [-0.1, -0.05) is 6.92 Å². The monoisotopic (exact) mass is 167 g/mol. The minimum absolute atomic E-state index is 0.413. The fourth-order valence-corrected chi connectivity index (χ4v) is 0.924. The first-order chi connectivity index (χ1) is 5.77. The van der Waals surface area contributed by atoms with E-state index in [1.54, 1.807) is 13.3 Å². The molecule has 66 valence electrons. The Morgan fingerprint density at radius 1 is 1.58 bits per heavy atom. The van der Waals surface area contributed by atoms with E-state index < -0.39 is 0 Å². The quantitative estimate of drug-likeness (QED) is 0.730. The van der Waals surface area contributed by atoms with Crippen molar-refractivity contribution in [2.24, 2.45) is 0 Å². The first kappa shape index (κ1) is 8.77. The van der Waals surface area contributed by atoms with E-state index in [0.717, 1.165) is 18.7 Å². The van der Waals surface area contributed by atoms with Crippen molar-refractivity contribution in [3.8, 4) is 5.75 Å². The second-order valence-corrected chi connectivity index (χ2v) is 2.49. The molecule has 2 N–H and O–H groups in total. The fourth-order valence-electron chi connectivity index (χ4n) is 0.924. The largest absolute Gasteiger partial charge is 0.491 e. The summed E-state index contributed by atoms with van der Waals surface area (Å²) in [7, 11) is 1.55. The van der Waals surface area contributed by atoms with Crippen molar-refractivity contribution in [3.05, 3.63) is 12.0 Å². The zero-order valence-corrected chi connectivity index (χ0v) is 7.37. The number of methoxy groups -OCH3 is 1. The van der Waals surface area contributed by atoms with Gasteiger partial charge in [0, 0.05) is 6.42 Å². The van der Waals surface area contributed by atoms with Crippen LogP contribution in [-0.4, -0.2) is 17.1 Å². The van der Waals surface area contributed by atoms with Crippen molar-refractivity contribution >= 4 is 5.82 Å². The average molecular weight is 167 g/mol. The van der Waals surface area contributed by atoms with Crippen LogP contribution in [0.5, 0.6) is 5.75 Å². The van der Waals surface area contributed by atoms with Gasteiger partial charge in [0.05, 0.1) is 13.3 Å². The van der Waals surface area contributed by atoms with E-state index >= 15 is 0 Å². The van der Waals surface area contributed by atoms with E-state index in [4.69, 9.17) is 10.5 Å². The van der Waals surface area contributed by atoms with Gasteiger partial charge >= 0.3 is 0 Å². The minimum atomic E-state index is 0.413. The van der Waals surface area contributed by atoms with Gasteiger partial charge in [0.2, 0.25) is 0 Å². The lowest BCUT2D eigenvalue weighted by molar-refractivity contribution is 0.412. The predicted octanol–water partition coefficient (Wildman–Crippen LogP) is 1.02. The second kappa shape index (κ2) is 3.90. The molecule has 1 heterocycles. The summed E-state index contributed by atoms with van der Waals surface area (Å²) >= 11 is 0. The molecule has 0 aromatic carbocycles. The molecule has 4 nitrogen and oxygen atoms in total. The molecule has 4 heteroatoms. The number of nitrogens with two attached hydrogens (primary N) is 1. The number of anilines is 1. The zero-order valence-electron chi connectivity index (χ0n) is 7.37. The summed E-state index contributed by atoms with van der Waals surface area (Å²) in [4.78, 5) is 8.16. The lowest BCUT2D eigenvalue weighted by atomic mass is 10.3. The van der Waals surface area contributed by atoms with E-state index in [9.17, 15) is 0 Å². The van der Waals surface area contributed by atoms with E-state index in [2.05, 4.69) is 16.9 Å². The highest BCUT2D eigenvalue weighted by Gasteiger charge is 2.02. The molecule has 1 aromatic rings. The van der Waals surface area contributed by atoms with Gasteiger partial charge in [0.25, 0.3) is 0 Å². The smallest absolute Gasteiger partial charge is 0.179 e. The molecule has 0 bridgehead atoms. The molecule has 12 heavy (non-hydrogen) atoms. The van der Waals surface area contributed by atoms with Crippen molar-refractivity contribution in [3.63, 3.8) is 0 Å². The van der Waals surface area contributed by atoms with Gasteiger partial charge in [-0.15, -0.1) is 0 Å². The van der Waals surface area contributed by atoms with Crippen LogP contribution in [0.4, 0.5) is 5.82 Å². The summed E-state index contributed by atoms with van der Waals surface area (Å²) in [6.07, 6.45) is 3.48. The van der Waals surface area contributed by atoms with E-state index in [1.807, 2.05) is 0 Å². The highest BCUT2D eigenvalue weighted by Crippen LogP contribution is 2.16. The van der Waals surface area contributed by atoms with Gasteiger partial charge < -0.3 is 10.5 Å². The first-order valence-electron chi connectivity index (χ1n) is 3.93. The number of aryl methyl sites for hydroxylation is 1. The van der Waals surface area contributed by atoms with Gasteiger partial charge in [-0.25, -0.2) is 9.97 Å². The molecule has 0 radical (unpaired) electrons. The Hall–Kier alpha value is -1.32. The SMILES string of the molecule is CCCc1ncc(OC)c(N)n1. The van der Waals surface area contributed by atoms with Crippen LogP contribution >= 0.6 is 0 Å². The number of nitrogens with zero attached hydrogens (tertiary/aromatic N) is 2. The van der Waals surface area contributed by atoms with Crippen molar-refractivity contribution in [1.29, 1.82) is 0 Å². The third-order valence-electron chi connectivity index (χ3n) is 1.53. The Labute approximate surface area is 71.8 Å². The Bertz CT molecular complexity index is 262. The number of ether oxygens (including phenoxy) is 1. The van der Waals surface area contributed by atoms with Crippen molar-refractivity contribution < 1.29 is 4.74 Å². The molecule has 0 fully saturated rings. The molecule has 1 rings (SSSR count). The number of rotatable bonds is 3. The van der Waals surface area contributed by atoms with Crippen LogP contribution in [0.25, 0.3) is 0 Å². The Kier molecular flexibility index (Phi) is 2.85. The Morgan fingerprint density at radius 3 is 2.83 bits per heavy atom. The van der Waals surface area contributed by atoms with Crippen LogP contribution in [-0.2, 0) is 6.42 Å². The molecule has 0 saturated heterocycles. The molecule has 0 amide bonds. The third kappa shape index (κ3) is 1.84. The van der Waals surface area contributed by atoms with Crippen molar-refractivity contribution in [2.75, 3.05) is 12.8 Å². The summed E-state index contributed by atoms with van der Waals surface area (Å²) < 4.78 is 4.93. The lowest BCUT2D eigenvalue weighted by Gasteiger charge is -2.03. The van der Waals surface area contributed by atoms with Crippen LogP contribution in [0.2, 0.25) is 0 Å². The zero-order chi connectivity index (χ0) is 8.97. The van der Waals surface area contributed by atoms with Gasteiger partial charge in [-0.2, -0.15) is 0 Å². The summed E-state index contributed by atoms with van der Waals surface area (Å²) in [6.45, 7) is 2.07. The first-order valence-corrected chi connectivity index (χ1v) is 3.93. The molecule has 0 aliphatic heterocycles. The number of hydrogen-bond acceptors (Lipinski definition) is 4. The topological polar surface area (TPSA) is 61.0 Å². The van der Waals surface area contributed by atoms with Gasteiger partial charge in [0.1, 0.15) is 5.82 Å². The predicted molar refractivity (Wildman–Crippen MR) is 47.0 cm³/mol.